The first-order valence-electron chi connectivity index (χ1n) is 5.57. The van der Waals surface area contributed by atoms with Crippen LogP contribution in [0.5, 0.6) is 5.75 Å². The highest BCUT2D eigenvalue weighted by atomic mass is 16.5. The van der Waals surface area contributed by atoms with Gasteiger partial charge < -0.3 is 10.1 Å². The number of hydrogen-bond donors (Lipinski definition) is 1. The van der Waals surface area contributed by atoms with Crippen molar-refractivity contribution in [2.45, 2.75) is 39.3 Å². The predicted molar refractivity (Wildman–Crippen MR) is 62.4 cm³/mol. The maximum Gasteiger partial charge on any atom is 0.127 e. The van der Waals surface area contributed by atoms with E-state index in [2.05, 4.69) is 38.2 Å². The van der Waals surface area contributed by atoms with E-state index in [0.717, 1.165) is 12.2 Å². The Kier molecular flexibility index (Phi) is 2.70. The van der Waals surface area contributed by atoms with Crippen LogP contribution in [-0.2, 0) is 0 Å². The number of ether oxygens (including phenoxy) is 1. The molecule has 1 N–H and O–H groups in total. The van der Waals surface area contributed by atoms with E-state index < -0.39 is 0 Å². The van der Waals surface area contributed by atoms with Crippen LogP contribution in [0.4, 0.5) is 0 Å². The molecule has 2 unspecified atom stereocenters. The lowest BCUT2D eigenvalue weighted by atomic mass is 9.93. The summed E-state index contributed by atoms with van der Waals surface area (Å²) in [6.07, 6.45) is 1.35. The maximum absolute atomic E-state index is 5.91. The van der Waals surface area contributed by atoms with Crippen molar-refractivity contribution in [3.63, 3.8) is 0 Å². The lowest BCUT2D eigenvalue weighted by Crippen LogP contribution is -2.30. The van der Waals surface area contributed by atoms with Gasteiger partial charge in [0.05, 0.1) is 6.10 Å². The summed E-state index contributed by atoms with van der Waals surface area (Å²) in [7, 11) is 2.02. The number of rotatable bonds is 1. The van der Waals surface area contributed by atoms with Crippen LogP contribution in [0.25, 0.3) is 0 Å². The molecule has 2 atom stereocenters. The Hall–Kier alpha value is -1.02. The van der Waals surface area contributed by atoms with Gasteiger partial charge >= 0.3 is 0 Å². The van der Waals surface area contributed by atoms with Crippen molar-refractivity contribution in [1.82, 2.24) is 5.32 Å². The van der Waals surface area contributed by atoms with E-state index in [1.54, 1.807) is 0 Å². The zero-order valence-electron chi connectivity index (χ0n) is 9.92. The normalized spacial score (nSPS) is 24.5. The van der Waals surface area contributed by atoms with Crippen LogP contribution in [0.1, 0.15) is 36.1 Å². The molecule has 0 amide bonds. The van der Waals surface area contributed by atoms with Gasteiger partial charge in [0.15, 0.2) is 0 Å². The molecule has 2 heteroatoms. The number of hydrogen-bond acceptors (Lipinski definition) is 2. The minimum atomic E-state index is 0.302. The minimum Gasteiger partial charge on any atom is -0.490 e. The van der Waals surface area contributed by atoms with E-state index in [1.807, 2.05) is 7.05 Å². The Morgan fingerprint density at radius 2 is 2.07 bits per heavy atom. The Bertz CT molecular complexity index is 373. The van der Waals surface area contributed by atoms with Gasteiger partial charge in [-0.3, -0.25) is 0 Å². The number of nitrogens with one attached hydrogen (secondary N) is 1. The van der Waals surface area contributed by atoms with E-state index in [-0.39, 0.29) is 0 Å². The second-order valence-electron chi connectivity index (χ2n) is 4.51. The van der Waals surface area contributed by atoms with E-state index in [4.69, 9.17) is 4.74 Å². The van der Waals surface area contributed by atoms with Crippen LogP contribution in [0.15, 0.2) is 12.1 Å². The highest BCUT2D eigenvalue weighted by Crippen LogP contribution is 2.37. The van der Waals surface area contributed by atoms with Gasteiger partial charge in [-0.05, 0) is 33.4 Å². The highest BCUT2D eigenvalue weighted by Gasteiger charge is 2.25. The first-order chi connectivity index (χ1) is 7.11. The summed E-state index contributed by atoms with van der Waals surface area (Å²) in [5.41, 5.74) is 3.87. The largest absolute Gasteiger partial charge is 0.490 e. The van der Waals surface area contributed by atoms with Crippen molar-refractivity contribution in [2.24, 2.45) is 0 Å². The van der Waals surface area contributed by atoms with E-state index in [1.165, 1.54) is 16.7 Å². The zero-order valence-corrected chi connectivity index (χ0v) is 9.92. The van der Waals surface area contributed by atoms with E-state index in [0.29, 0.717) is 12.1 Å². The van der Waals surface area contributed by atoms with E-state index in [9.17, 15) is 0 Å². The standard InChI is InChI=1S/C13H19NO/c1-8-5-9(2)13-11(6-8)12(14-4)7-10(3)15-13/h5-6,10,12,14H,7H2,1-4H3. The molecule has 15 heavy (non-hydrogen) atoms. The van der Waals surface area contributed by atoms with Gasteiger partial charge in [0, 0.05) is 18.0 Å². The molecule has 0 fully saturated rings. The Morgan fingerprint density at radius 1 is 1.33 bits per heavy atom. The van der Waals surface area contributed by atoms with Crippen LogP contribution < -0.4 is 10.1 Å². The molecule has 0 saturated heterocycles. The van der Waals surface area contributed by atoms with Gasteiger partial charge in [0.25, 0.3) is 0 Å². The van der Waals surface area contributed by atoms with Gasteiger partial charge in [-0.25, -0.2) is 0 Å². The second-order valence-corrected chi connectivity index (χ2v) is 4.51. The third-order valence-electron chi connectivity index (χ3n) is 3.06. The maximum atomic E-state index is 5.91. The van der Waals surface area contributed by atoms with Gasteiger partial charge in [0.1, 0.15) is 5.75 Å². The molecule has 0 bridgehead atoms. The van der Waals surface area contributed by atoms with Crippen LogP contribution in [0.3, 0.4) is 0 Å². The van der Waals surface area contributed by atoms with Crippen molar-refractivity contribution in [3.05, 3.63) is 28.8 Å². The van der Waals surface area contributed by atoms with Gasteiger partial charge in [-0.2, -0.15) is 0 Å². The van der Waals surface area contributed by atoms with Crippen LogP contribution in [-0.4, -0.2) is 13.2 Å². The SMILES string of the molecule is CNC1CC(C)Oc2c(C)cc(C)cc21. The molecule has 1 heterocycles. The topological polar surface area (TPSA) is 21.3 Å². The molecular formula is C13H19NO. The quantitative estimate of drug-likeness (QED) is 0.761. The summed E-state index contributed by atoms with van der Waals surface area (Å²) in [6, 6.07) is 4.85. The van der Waals surface area contributed by atoms with Crippen molar-refractivity contribution >= 4 is 0 Å². The van der Waals surface area contributed by atoms with Crippen molar-refractivity contribution < 1.29 is 4.74 Å². The summed E-state index contributed by atoms with van der Waals surface area (Å²) in [4.78, 5) is 0. The average Bonchev–Trinajstić information content (AvgIpc) is 2.18. The van der Waals surface area contributed by atoms with Crippen LogP contribution in [0.2, 0.25) is 0 Å². The molecule has 2 rings (SSSR count). The summed E-state index contributed by atoms with van der Waals surface area (Å²) in [6.45, 7) is 6.39. The van der Waals surface area contributed by atoms with Crippen molar-refractivity contribution in [3.8, 4) is 5.75 Å². The second kappa shape index (κ2) is 3.86. The van der Waals surface area contributed by atoms with Gasteiger partial charge in [-0.1, -0.05) is 17.7 Å². The molecule has 0 saturated carbocycles. The first-order valence-corrected chi connectivity index (χ1v) is 5.57. The van der Waals surface area contributed by atoms with Crippen LogP contribution in [0, 0.1) is 13.8 Å². The molecule has 0 aliphatic carbocycles. The molecule has 1 aliphatic heterocycles. The molecule has 82 valence electrons. The van der Waals surface area contributed by atoms with Crippen molar-refractivity contribution in [2.75, 3.05) is 7.05 Å². The smallest absolute Gasteiger partial charge is 0.127 e. The fourth-order valence-corrected chi connectivity index (χ4v) is 2.39. The average molecular weight is 205 g/mol. The molecule has 1 aromatic carbocycles. The van der Waals surface area contributed by atoms with E-state index >= 15 is 0 Å². The third-order valence-corrected chi connectivity index (χ3v) is 3.06. The molecule has 1 aliphatic rings. The fraction of sp³-hybridized carbons (Fsp3) is 0.538. The zero-order chi connectivity index (χ0) is 11.0. The molecule has 1 aromatic rings. The molecular weight excluding hydrogens is 186 g/mol. The third kappa shape index (κ3) is 1.86. The summed E-state index contributed by atoms with van der Waals surface area (Å²) in [5.74, 6) is 1.08. The lowest BCUT2D eigenvalue weighted by Gasteiger charge is -2.31. The Morgan fingerprint density at radius 3 is 2.73 bits per heavy atom. The highest BCUT2D eigenvalue weighted by molar-refractivity contribution is 5.46. The minimum absolute atomic E-state index is 0.302. The summed E-state index contributed by atoms with van der Waals surface area (Å²) < 4.78 is 5.91. The Balaban J connectivity index is 2.51. The summed E-state index contributed by atoms with van der Waals surface area (Å²) in [5, 5.41) is 3.36. The van der Waals surface area contributed by atoms with Crippen molar-refractivity contribution in [1.29, 1.82) is 0 Å². The van der Waals surface area contributed by atoms with Gasteiger partial charge in [0.2, 0.25) is 0 Å². The Labute approximate surface area is 91.6 Å². The number of benzene rings is 1. The fourth-order valence-electron chi connectivity index (χ4n) is 2.39. The first kappa shape index (κ1) is 10.5. The lowest BCUT2D eigenvalue weighted by molar-refractivity contribution is 0.167. The molecule has 2 nitrogen and oxygen atoms in total. The number of aryl methyl sites for hydroxylation is 2. The molecule has 0 radical (unpaired) electrons. The molecule has 0 aromatic heterocycles. The van der Waals surface area contributed by atoms with Gasteiger partial charge in [-0.15, -0.1) is 0 Å². The number of fused-ring (bicyclic) bond motifs is 1. The molecule has 0 spiro atoms. The monoisotopic (exact) mass is 205 g/mol. The predicted octanol–water partition coefficient (Wildman–Crippen LogP) is 2.73. The summed E-state index contributed by atoms with van der Waals surface area (Å²) >= 11 is 0. The van der Waals surface area contributed by atoms with Crippen LogP contribution >= 0.6 is 0 Å².